The smallest absolute Gasteiger partial charge is 0.468 e. The zero-order chi connectivity index (χ0) is 19.2. The minimum Gasteiger partial charge on any atom is -0.468 e. The topological polar surface area (TPSA) is 82.1 Å². The quantitative estimate of drug-likeness (QED) is 0.163. The van der Waals surface area contributed by atoms with Gasteiger partial charge in [-0.3, -0.25) is 14.5 Å². The molecule has 142 valence electrons. The molecule has 0 aromatic heterocycles. The molecule has 27 heavy (non-hydrogen) atoms. The molecule has 1 aromatic carbocycles. The van der Waals surface area contributed by atoms with E-state index in [0.29, 0.717) is 23.6 Å². The van der Waals surface area contributed by atoms with Gasteiger partial charge in [0.2, 0.25) is 12.1 Å². The normalized spacial score (nSPS) is 22.7. The van der Waals surface area contributed by atoms with E-state index in [-0.39, 0.29) is 24.7 Å². The molecule has 0 N–H and O–H groups in total. The fourth-order valence-electron chi connectivity index (χ4n) is 2.78. The van der Waals surface area contributed by atoms with Crippen LogP contribution in [0.1, 0.15) is 18.4 Å². The molecule has 1 aromatic rings. The van der Waals surface area contributed by atoms with Crippen LogP contribution in [0, 0.1) is 0 Å². The van der Waals surface area contributed by atoms with Gasteiger partial charge in [-0.25, -0.2) is 4.79 Å². The first-order valence-corrected chi connectivity index (χ1v) is 9.50. The molecule has 2 fully saturated rings. The zero-order valence-corrected chi connectivity index (χ0v) is 16.0. The summed E-state index contributed by atoms with van der Waals surface area (Å²) in [4.78, 5) is 36.8. The van der Waals surface area contributed by atoms with Gasteiger partial charge in [0.15, 0.2) is 12.0 Å². The van der Waals surface area contributed by atoms with Gasteiger partial charge in [-0.15, -0.1) is 0 Å². The number of halogens is 1. The van der Waals surface area contributed by atoms with Crippen LogP contribution in [0.5, 0.6) is 0 Å². The molecule has 2 heterocycles. The Labute approximate surface area is 164 Å². The molecule has 0 aliphatic carbocycles. The Morgan fingerprint density at radius 1 is 1.30 bits per heavy atom. The number of allylic oxidation sites excluding steroid dienone is 3. The van der Waals surface area contributed by atoms with Crippen LogP contribution in [0.15, 0.2) is 53.8 Å². The molecule has 0 spiro atoms. The van der Waals surface area contributed by atoms with Crippen molar-refractivity contribution in [1.29, 1.82) is 0 Å². The maximum atomic E-state index is 12.1. The third-order valence-corrected chi connectivity index (χ3v) is 4.52. The number of hydrogen-bond donors (Lipinski definition) is 0. The van der Waals surface area contributed by atoms with Crippen molar-refractivity contribution >= 4 is 34.3 Å². The molecule has 0 saturated carbocycles. The average molecular weight is 436 g/mol. The van der Waals surface area contributed by atoms with Crippen molar-refractivity contribution in [3.8, 4) is 0 Å². The van der Waals surface area contributed by atoms with Crippen molar-refractivity contribution in [3.63, 3.8) is 0 Å². The highest BCUT2D eigenvalue weighted by Crippen LogP contribution is 2.38. The summed E-state index contributed by atoms with van der Waals surface area (Å²) < 4.78 is 16.1. The van der Waals surface area contributed by atoms with Gasteiger partial charge >= 0.3 is 6.16 Å². The molecule has 8 heteroatoms. The van der Waals surface area contributed by atoms with Gasteiger partial charge in [0, 0.05) is 10.9 Å². The summed E-state index contributed by atoms with van der Waals surface area (Å²) in [6.45, 7) is 0.0399. The van der Waals surface area contributed by atoms with E-state index in [0.717, 1.165) is 5.56 Å². The van der Waals surface area contributed by atoms with Gasteiger partial charge in [-0.2, -0.15) is 0 Å². The van der Waals surface area contributed by atoms with E-state index in [4.69, 9.17) is 14.2 Å². The molecule has 7 nitrogen and oxygen atoms in total. The van der Waals surface area contributed by atoms with Crippen LogP contribution in [-0.2, 0) is 30.4 Å². The second-order valence-corrected chi connectivity index (χ2v) is 6.56. The standard InChI is InChI=1S/C19H18BrNO6/c20-9-5-4-8-14(11-22)17-18(21-15(23)10-16(21)26-17)27-19(24)25-12-13-6-2-1-3-7-13/h1-7,11,16,18H,8-10,12H2/t16-,18?/m1/s1. The number of benzene rings is 1. The van der Waals surface area contributed by atoms with E-state index in [9.17, 15) is 14.4 Å². The Hall–Kier alpha value is -2.61. The predicted molar refractivity (Wildman–Crippen MR) is 98.5 cm³/mol. The van der Waals surface area contributed by atoms with Gasteiger partial charge in [0.05, 0.1) is 6.42 Å². The highest BCUT2D eigenvalue weighted by molar-refractivity contribution is 9.09. The van der Waals surface area contributed by atoms with Crippen LogP contribution in [-0.4, -0.2) is 41.0 Å². The van der Waals surface area contributed by atoms with E-state index < -0.39 is 18.6 Å². The summed E-state index contributed by atoms with van der Waals surface area (Å²) in [7, 11) is 0. The number of hydrogen-bond acceptors (Lipinski definition) is 6. The second kappa shape index (κ2) is 8.85. The highest BCUT2D eigenvalue weighted by atomic mass is 79.9. The van der Waals surface area contributed by atoms with Crippen molar-refractivity contribution < 1.29 is 28.6 Å². The highest BCUT2D eigenvalue weighted by Gasteiger charge is 2.53. The Bertz CT molecular complexity index is 776. The number of aldehydes is 1. The summed E-state index contributed by atoms with van der Waals surface area (Å²) in [5, 5.41) is 0.647. The second-order valence-electron chi connectivity index (χ2n) is 5.91. The van der Waals surface area contributed by atoms with Gasteiger partial charge in [0.1, 0.15) is 12.9 Å². The molecule has 0 bridgehead atoms. The lowest BCUT2D eigenvalue weighted by Gasteiger charge is -2.33. The number of β-lactam (4-membered cyclic amide) rings is 1. The van der Waals surface area contributed by atoms with Gasteiger partial charge < -0.3 is 14.2 Å². The fourth-order valence-corrected chi connectivity index (χ4v) is 3.04. The molecule has 2 atom stereocenters. The molecular weight excluding hydrogens is 418 g/mol. The summed E-state index contributed by atoms with van der Waals surface area (Å²) in [6, 6.07) is 9.14. The number of carbonyl (C=O) groups is 3. The van der Waals surface area contributed by atoms with Crippen LogP contribution in [0.3, 0.4) is 0 Å². The summed E-state index contributed by atoms with van der Waals surface area (Å²) in [5.74, 6) is -0.0335. The maximum absolute atomic E-state index is 12.1. The van der Waals surface area contributed by atoms with E-state index >= 15 is 0 Å². The van der Waals surface area contributed by atoms with Crippen molar-refractivity contribution in [2.75, 3.05) is 5.33 Å². The summed E-state index contributed by atoms with van der Waals surface area (Å²) in [6.07, 6.45) is 2.22. The lowest BCUT2D eigenvalue weighted by Crippen LogP contribution is -2.53. The lowest BCUT2D eigenvalue weighted by atomic mass is 10.1. The number of nitrogens with zero attached hydrogens (tertiary/aromatic N) is 1. The molecule has 0 radical (unpaired) electrons. The number of ether oxygens (including phenoxy) is 3. The Balaban J connectivity index is 1.71. The minimum absolute atomic E-state index is 0.0399. The molecule has 2 aliphatic rings. The molecular formula is C19H18BrNO6. The number of amides is 1. The number of alkyl halides is 1. The van der Waals surface area contributed by atoms with Crippen molar-refractivity contribution in [1.82, 2.24) is 4.90 Å². The minimum atomic E-state index is -1.09. The van der Waals surface area contributed by atoms with Crippen LogP contribution < -0.4 is 0 Å². The first-order valence-electron chi connectivity index (χ1n) is 8.38. The van der Waals surface area contributed by atoms with Crippen LogP contribution in [0.4, 0.5) is 4.79 Å². The van der Waals surface area contributed by atoms with Crippen molar-refractivity contribution in [3.05, 3.63) is 59.4 Å². The van der Waals surface area contributed by atoms with Crippen LogP contribution in [0.25, 0.3) is 0 Å². The molecule has 1 unspecified atom stereocenters. The third kappa shape index (κ3) is 4.39. The van der Waals surface area contributed by atoms with Crippen molar-refractivity contribution in [2.24, 2.45) is 0 Å². The number of rotatable bonds is 7. The Kier molecular flexibility index (Phi) is 6.28. The van der Waals surface area contributed by atoms with E-state index in [1.807, 2.05) is 36.4 Å². The SMILES string of the molecule is O=CC(CC=CCBr)=C1O[C@@H]2CC(=O)N2C1OC(=O)OCc1ccccc1. The summed E-state index contributed by atoms with van der Waals surface area (Å²) >= 11 is 3.26. The van der Waals surface area contributed by atoms with Crippen LogP contribution in [0.2, 0.25) is 0 Å². The largest absolute Gasteiger partial charge is 0.510 e. The molecule has 2 aliphatic heterocycles. The Morgan fingerprint density at radius 3 is 2.74 bits per heavy atom. The van der Waals surface area contributed by atoms with Crippen LogP contribution >= 0.6 is 15.9 Å². The number of fused-ring (bicyclic) bond motifs is 1. The zero-order valence-electron chi connectivity index (χ0n) is 14.4. The monoisotopic (exact) mass is 435 g/mol. The average Bonchev–Trinajstić information content (AvgIpc) is 2.96. The van der Waals surface area contributed by atoms with E-state index in [1.54, 1.807) is 6.08 Å². The first kappa shape index (κ1) is 19.2. The maximum Gasteiger partial charge on any atom is 0.510 e. The van der Waals surface area contributed by atoms with Crippen molar-refractivity contribution in [2.45, 2.75) is 31.9 Å². The predicted octanol–water partition coefficient (Wildman–Crippen LogP) is 3.05. The molecule has 1 amide bonds. The lowest BCUT2D eigenvalue weighted by molar-refractivity contribution is -0.165. The number of carbonyl (C=O) groups excluding carboxylic acids is 3. The summed E-state index contributed by atoms with van der Waals surface area (Å²) in [5.41, 5.74) is 1.12. The van der Waals surface area contributed by atoms with E-state index in [1.165, 1.54) is 4.90 Å². The first-order chi connectivity index (χ1) is 13.1. The van der Waals surface area contributed by atoms with Gasteiger partial charge in [0.25, 0.3) is 0 Å². The third-order valence-electron chi connectivity index (χ3n) is 4.15. The fraction of sp³-hybridized carbons (Fsp3) is 0.316. The van der Waals surface area contributed by atoms with Gasteiger partial charge in [-0.05, 0) is 12.0 Å². The molecule has 3 rings (SSSR count). The Morgan fingerprint density at radius 2 is 2.07 bits per heavy atom. The molecule has 2 saturated heterocycles. The van der Waals surface area contributed by atoms with E-state index in [2.05, 4.69) is 15.9 Å². The van der Waals surface area contributed by atoms with Gasteiger partial charge in [-0.1, -0.05) is 58.4 Å².